The van der Waals surface area contributed by atoms with Gasteiger partial charge in [-0.1, -0.05) is 6.07 Å². The van der Waals surface area contributed by atoms with Crippen LogP contribution in [0.5, 0.6) is 0 Å². The molecule has 20 heavy (non-hydrogen) atoms. The number of nitrogens with two attached hydrogens (primary N) is 1. The first kappa shape index (κ1) is 12.3. The van der Waals surface area contributed by atoms with Crippen molar-refractivity contribution in [2.45, 2.75) is 6.92 Å². The van der Waals surface area contributed by atoms with Crippen LogP contribution in [0.1, 0.15) is 5.56 Å². The Bertz CT molecular complexity index is 869. The Morgan fingerprint density at radius 3 is 2.90 bits per heavy atom. The number of aromatic nitrogens is 4. The van der Waals surface area contributed by atoms with Gasteiger partial charge in [-0.05, 0) is 24.6 Å². The lowest BCUT2D eigenvalue weighted by molar-refractivity contribution is 0.872. The van der Waals surface area contributed by atoms with Gasteiger partial charge in [0.25, 0.3) is 5.56 Å². The number of rotatable bonds is 1. The average molecular weight is 267 g/mol. The van der Waals surface area contributed by atoms with E-state index in [2.05, 4.69) is 15.0 Å². The molecule has 6 nitrogen and oxygen atoms in total. The lowest BCUT2D eigenvalue weighted by Crippen LogP contribution is -2.22. The van der Waals surface area contributed by atoms with Gasteiger partial charge in [0.2, 0.25) is 0 Å². The number of hydrogen-bond donors (Lipinski definition) is 1. The summed E-state index contributed by atoms with van der Waals surface area (Å²) < 4.78 is 1.47. The van der Waals surface area contributed by atoms with Crippen molar-refractivity contribution < 1.29 is 0 Å². The van der Waals surface area contributed by atoms with Crippen LogP contribution in [0.2, 0.25) is 0 Å². The first-order valence-corrected chi connectivity index (χ1v) is 6.11. The summed E-state index contributed by atoms with van der Waals surface area (Å²) in [5.41, 5.74) is 9.32. The van der Waals surface area contributed by atoms with Crippen LogP contribution >= 0.6 is 0 Å². The molecule has 2 heterocycles. The molecular formula is C14H13N5O. The molecule has 0 saturated heterocycles. The van der Waals surface area contributed by atoms with E-state index in [1.54, 1.807) is 25.4 Å². The van der Waals surface area contributed by atoms with E-state index in [-0.39, 0.29) is 5.56 Å². The minimum atomic E-state index is -0.204. The summed E-state index contributed by atoms with van der Waals surface area (Å²) in [5.74, 6) is 0. The van der Waals surface area contributed by atoms with Gasteiger partial charge < -0.3 is 5.73 Å². The molecule has 1 aromatic carbocycles. The van der Waals surface area contributed by atoms with Crippen LogP contribution in [-0.2, 0) is 7.05 Å². The van der Waals surface area contributed by atoms with Gasteiger partial charge in [-0.25, -0.2) is 15.0 Å². The minimum Gasteiger partial charge on any atom is -0.399 e. The molecule has 0 unspecified atom stereocenters. The molecule has 0 aliphatic carbocycles. The summed E-state index contributed by atoms with van der Waals surface area (Å²) in [7, 11) is 1.67. The van der Waals surface area contributed by atoms with Crippen molar-refractivity contribution in [2.75, 3.05) is 5.73 Å². The maximum absolute atomic E-state index is 12.4. The molecule has 3 rings (SSSR count). The second-order valence-corrected chi connectivity index (χ2v) is 4.63. The first-order chi connectivity index (χ1) is 9.58. The molecule has 0 aliphatic rings. The lowest BCUT2D eigenvalue weighted by Gasteiger charge is -2.09. The fraction of sp³-hybridized carbons (Fsp3) is 0.143. The zero-order chi connectivity index (χ0) is 14.3. The molecular weight excluding hydrogens is 254 g/mol. The highest BCUT2D eigenvalue weighted by molar-refractivity contribution is 5.75. The average Bonchev–Trinajstić information content (AvgIpc) is 2.46. The maximum atomic E-state index is 12.4. The zero-order valence-corrected chi connectivity index (χ0v) is 11.2. The van der Waals surface area contributed by atoms with Gasteiger partial charge in [-0.2, -0.15) is 0 Å². The van der Waals surface area contributed by atoms with E-state index >= 15 is 0 Å². The van der Waals surface area contributed by atoms with Crippen LogP contribution in [0.25, 0.3) is 22.4 Å². The number of aryl methyl sites for hydroxylation is 2. The van der Waals surface area contributed by atoms with E-state index in [1.165, 1.54) is 10.9 Å². The minimum absolute atomic E-state index is 0.204. The Labute approximate surface area is 114 Å². The van der Waals surface area contributed by atoms with E-state index in [0.717, 1.165) is 11.1 Å². The largest absolute Gasteiger partial charge is 0.399 e. The number of hydrogen-bond acceptors (Lipinski definition) is 5. The number of nitrogens with zero attached hydrogens (tertiary/aromatic N) is 4. The molecule has 0 aliphatic heterocycles. The van der Waals surface area contributed by atoms with Crippen molar-refractivity contribution in [3.63, 3.8) is 0 Å². The van der Waals surface area contributed by atoms with E-state index in [1.807, 2.05) is 13.0 Å². The van der Waals surface area contributed by atoms with Crippen LogP contribution in [0.15, 0.2) is 35.5 Å². The van der Waals surface area contributed by atoms with Gasteiger partial charge in [0.05, 0.1) is 6.20 Å². The standard InChI is InChI=1S/C14H13N5O/c1-8-3-4-9(15)5-10(8)12-14(20)19(2)13-11(18-12)6-16-7-17-13/h3-7H,15H2,1-2H3. The normalized spacial score (nSPS) is 10.9. The molecule has 0 fully saturated rings. The Hall–Kier alpha value is -2.76. The predicted octanol–water partition coefficient (Wildman–Crippen LogP) is 1.28. The molecule has 0 atom stereocenters. The third-order valence-corrected chi connectivity index (χ3v) is 3.25. The topological polar surface area (TPSA) is 86.7 Å². The summed E-state index contributed by atoms with van der Waals surface area (Å²) in [5, 5.41) is 0. The summed E-state index contributed by atoms with van der Waals surface area (Å²) in [6.07, 6.45) is 2.99. The van der Waals surface area contributed by atoms with Crippen LogP contribution < -0.4 is 11.3 Å². The smallest absolute Gasteiger partial charge is 0.278 e. The maximum Gasteiger partial charge on any atom is 0.278 e. The summed E-state index contributed by atoms with van der Waals surface area (Å²) >= 11 is 0. The Kier molecular flexibility index (Phi) is 2.71. The van der Waals surface area contributed by atoms with Gasteiger partial charge in [0, 0.05) is 18.3 Å². The third kappa shape index (κ3) is 1.82. The number of anilines is 1. The molecule has 3 aromatic rings. The van der Waals surface area contributed by atoms with Crippen molar-refractivity contribution in [1.82, 2.24) is 19.5 Å². The van der Waals surface area contributed by atoms with Crippen molar-refractivity contribution in [3.05, 3.63) is 46.6 Å². The third-order valence-electron chi connectivity index (χ3n) is 3.25. The van der Waals surface area contributed by atoms with Crippen LogP contribution in [0.3, 0.4) is 0 Å². The first-order valence-electron chi connectivity index (χ1n) is 6.11. The second kappa shape index (κ2) is 4.41. The molecule has 2 N–H and O–H groups in total. The van der Waals surface area contributed by atoms with Crippen molar-refractivity contribution in [2.24, 2.45) is 7.05 Å². The van der Waals surface area contributed by atoms with Gasteiger partial charge >= 0.3 is 0 Å². The second-order valence-electron chi connectivity index (χ2n) is 4.63. The van der Waals surface area contributed by atoms with Crippen LogP contribution in [0.4, 0.5) is 5.69 Å². The molecule has 100 valence electrons. The number of fused-ring (bicyclic) bond motifs is 1. The van der Waals surface area contributed by atoms with Gasteiger partial charge in [0.1, 0.15) is 17.5 Å². The van der Waals surface area contributed by atoms with E-state index in [9.17, 15) is 4.79 Å². The van der Waals surface area contributed by atoms with Gasteiger partial charge in [-0.15, -0.1) is 0 Å². The molecule has 0 radical (unpaired) electrons. The van der Waals surface area contributed by atoms with Crippen LogP contribution in [0, 0.1) is 6.92 Å². The summed E-state index contributed by atoms with van der Waals surface area (Å²) in [6, 6.07) is 5.43. The lowest BCUT2D eigenvalue weighted by atomic mass is 10.0. The highest BCUT2D eigenvalue weighted by atomic mass is 16.1. The Balaban J connectivity index is 2.40. The van der Waals surface area contributed by atoms with E-state index in [0.29, 0.717) is 22.5 Å². The van der Waals surface area contributed by atoms with Gasteiger partial charge in [0.15, 0.2) is 5.65 Å². The van der Waals surface area contributed by atoms with Crippen LogP contribution in [-0.4, -0.2) is 19.5 Å². The zero-order valence-electron chi connectivity index (χ0n) is 11.2. The fourth-order valence-electron chi connectivity index (χ4n) is 2.15. The monoisotopic (exact) mass is 267 g/mol. The highest BCUT2D eigenvalue weighted by Gasteiger charge is 2.13. The fourth-order valence-corrected chi connectivity index (χ4v) is 2.15. The van der Waals surface area contributed by atoms with Crippen molar-refractivity contribution in [3.8, 4) is 11.3 Å². The molecule has 6 heteroatoms. The number of benzene rings is 1. The highest BCUT2D eigenvalue weighted by Crippen LogP contribution is 2.22. The number of nitrogen functional groups attached to an aromatic ring is 1. The van der Waals surface area contributed by atoms with Gasteiger partial charge in [-0.3, -0.25) is 9.36 Å². The molecule has 0 amide bonds. The van der Waals surface area contributed by atoms with E-state index in [4.69, 9.17) is 5.73 Å². The predicted molar refractivity (Wildman–Crippen MR) is 77.2 cm³/mol. The molecule has 2 aromatic heterocycles. The quantitative estimate of drug-likeness (QED) is 0.671. The Morgan fingerprint density at radius 2 is 2.10 bits per heavy atom. The van der Waals surface area contributed by atoms with E-state index < -0.39 is 0 Å². The molecule has 0 bridgehead atoms. The van der Waals surface area contributed by atoms with Crippen molar-refractivity contribution in [1.29, 1.82) is 0 Å². The molecule has 0 spiro atoms. The SMILES string of the molecule is Cc1ccc(N)cc1-c1nc2cncnc2n(C)c1=O. The molecule has 0 saturated carbocycles. The Morgan fingerprint density at radius 1 is 1.30 bits per heavy atom. The van der Waals surface area contributed by atoms with Crippen molar-refractivity contribution >= 4 is 16.9 Å². The summed E-state index contributed by atoms with van der Waals surface area (Å²) in [4.78, 5) is 24.9. The summed E-state index contributed by atoms with van der Waals surface area (Å²) in [6.45, 7) is 1.92.